The van der Waals surface area contributed by atoms with Gasteiger partial charge in [0.1, 0.15) is 11.7 Å². The predicted molar refractivity (Wildman–Crippen MR) is 130 cm³/mol. The van der Waals surface area contributed by atoms with E-state index in [1.54, 1.807) is 18.2 Å². The highest BCUT2D eigenvalue weighted by Gasteiger charge is 2.34. The molecular weight excluding hydrogens is 437 g/mol. The molecule has 0 bridgehead atoms. The molecule has 0 fully saturated rings. The fourth-order valence-corrected chi connectivity index (χ4v) is 4.03. The molecule has 1 N–H and O–H groups in total. The maximum atomic E-state index is 13.7. The molecule has 0 saturated heterocycles. The predicted octanol–water partition coefficient (Wildman–Crippen LogP) is 7.00. The third kappa shape index (κ3) is 4.17. The molecule has 3 aromatic carbocycles. The number of para-hydroxylation sites is 1. The van der Waals surface area contributed by atoms with Gasteiger partial charge in [-0.3, -0.25) is 4.99 Å². The van der Waals surface area contributed by atoms with Crippen molar-refractivity contribution < 1.29 is 13.2 Å². The molecule has 1 aliphatic rings. The average Bonchev–Trinajstić information content (AvgIpc) is 3.27. The molecular formula is C27H21F3N4. The molecule has 0 aliphatic carbocycles. The summed E-state index contributed by atoms with van der Waals surface area (Å²) in [6, 6.07) is 22.5. The Bertz CT molecular complexity index is 1410. The molecule has 0 saturated carbocycles. The van der Waals surface area contributed by atoms with Crippen LogP contribution in [0.1, 0.15) is 24.5 Å². The minimum absolute atomic E-state index is 0.00463. The van der Waals surface area contributed by atoms with Crippen molar-refractivity contribution in [1.29, 1.82) is 0 Å². The third-order valence-corrected chi connectivity index (χ3v) is 5.73. The lowest BCUT2D eigenvalue weighted by Crippen LogP contribution is -2.15. The van der Waals surface area contributed by atoms with E-state index in [2.05, 4.69) is 28.3 Å². The standard InChI is InChI=1S/C27H21F3N4/c1-2-18-16-21(17-10-4-3-5-11-17)26(31-18)34-25-20-13-7-9-15-23(20)32-24(33-25)19-12-6-8-14-22(19)27(28,29)30/h3-16,18H,2H2,1H3,(H,31,32,33,34). The molecule has 34 heavy (non-hydrogen) atoms. The SMILES string of the molecule is CCC1C=C(c2ccccc2)C(Nc2nc(-c3ccccc3C(F)(F)F)nc3ccccc23)=N1. The molecule has 7 heteroatoms. The summed E-state index contributed by atoms with van der Waals surface area (Å²) in [4.78, 5) is 13.8. The Morgan fingerprint density at radius 3 is 2.32 bits per heavy atom. The van der Waals surface area contributed by atoms with E-state index in [9.17, 15) is 13.2 Å². The molecule has 0 radical (unpaired) electrons. The summed E-state index contributed by atoms with van der Waals surface area (Å²) in [5.74, 6) is 1.05. The quantitative estimate of drug-likeness (QED) is 0.358. The largest absolute Gasteiger partial charge is 0.417 e. The van der Waals surface area contributed by atoms with Crippen LogP contribution in [0.3, 0.4) is 0 Å². The number of hydrogen-bond donors (Lipinski definition) is 1. The van der Waals surface area contributed by atoms with Crippen molar-refractivity contribution in [3.63, 3.8) is 0 Å². The van der Waals surface area contributed by atoms with Crippen LogP contribution in [0, 0.1) is 0 Å². The van der Waals surface area contributed by atoms with Gasteiger partial charge in [-0.2, -0.15) is 13.2 Å². The first-order valence-electron chi connectivity index (χ1n) is 11.0. The number of nitrogens with one attached hydrogen (secondary N) is 1. The molecule has 1 atom stereocenters. The second-order valence-corrected chi connectivity index (χ2v) is 7.98. The van der Waals surface area contributed by atoms with Crippen LogP contribution < -0.4 is 5.32 Å². The highest BCUT2D eigenvalue weighted by Crippen LogP contribution is 2.37. The first kappa shape index (κ1) is 21.8. The first-order chi connectivity index (χ1) is 16.4. The van der Waals surface area contributed by atoms with Crippen molar-refractivity contribution in [2.75, 3.05) is 5.32 Å². The Morgan fingerprint density at radius 2 is 1.56 bits per heavy atom. The monoisotopic (exact) mass is 458 g/mol. The Labute approximate surface area is 194 Å². The van der Waals surface area contributed by atoms with E-state index in [1.807, 2.05) is 42.5 Å². The Kier molecular flexibility index (Phi) is 5.61. The zero-order chi connectivity index (χ0) is 23.7. The number of aliphatic imine (C=N–C) groups is 1. The van der Waals surface area contributed by atoms with Gasteiger partial charge in [0.25, 0.3) is 0 Å². The van der Waals surface area contributed by atoms with Gasteiger partial charge in [0.05, 0.1) is 17.1 Å². The molecule has 0 spiro atoms. The van der Waals surface area contributed by atoms with Gasteiger partial charge in [0, 0.05) is 16.5 Å². The molecule has 170 valence electrons. The Balaban J connectivity index is 1.63. The van der Waals surface area contributed by atoms with Crippen LogP contribution in [0.15, 0.2) is 89.9 Å². The number of rotatable bonds is 4. The molecule has 4 aromatic rings. The summed E-state index contributed by atoms with van der Waals surface area (Å²) in [5, 5.41) is 4.01. The van der Waals surface area contributed by atoms with Crippen LogP contribution in [0.4, 0.5) is 19.0 Å². The van der Waals surface area contributed by atoms with Gasteiger partial charge in [-0.1, -0.05) is 67.6 Å². The van der Waals surface area contributed by atoms with E-state index < -0.39 is 11.7 Å². The van der Waals surface area contributed by atoms with E-state index in [1.165, 1.54) is 12.1 Å². The third-order valence-electron chi connectivity index (χ3n) is 5.73. The maximum absolute atomic E-state index is 13.7. The van der Waals surface area contributed by atoms with Crippen LogP contribution in [0.25, 0.3) is 27.9 Å². The molecule has 1 unspecified atom stereocenters. The van der Waals surface area contributed by atoms with Crippen molar-refractivity contribution in [3.05, 3.63) is 96.1 Å². The summed E-state index contributed by atoms with van der Waals surface area (Å²) in [6.45, 7) is 2.06. The van der Waals surface area contributed by atoms with E-state index in [0.29, 0.717) is 22.6 Å². The van der Waals surface area contributed by atoms with Crippen LogP contribution in [0.2, 0.25) is 0 Å². The highest BCUT2D eigenvalue weighted by atomic mass is 19.4. The molecule has 1 aromatic heterocycles. The average molecular weight is 458 g/mol. The van der Waals surface area contributed by atoms with E-state index in [0.717, 1.165) is 23.6 Å². The molecule has 0 amide bonds. The van der Waals surface area contributed by atoms with Gasteiger partial charge in [-0.05, 0) is 36.3 Å². The second kappa shape index (κ2) is 8.74. The topological polar surface area (TPSA) is 50.2 Å². The number of halogens is 3. The number of amidine groups is 1. The van der Waals surface area contributed by atoms with E-state index >= 15 is 0 Å². The Hall–Kier alpha value is -4.00. The van der Waals surface area contributed by atoms with Crippen molar-refractivity contribution in [2.24, 2.45) is 4.99 Å². The van der Waals surface area contributed by atoms with Gasteiger partial charge in [-0.15, -0.1) is 0 Å². The van der Waals surface area contributed by atoms with Crippen molar-refractivity contribution in [2.45, 2.75) is 25.6 Å². The van der Waals surface area contributed by atoms with Crippen molar-refractivity contribution >= 4 is 28.1 Å². The zero-order valence-corrected chi connectivity index (χ0v) is 18.3. The van der Waals surface area contributed by atoms with Crippen LogP contribution in [0.5, 0.6) is 0 Å². The van der Waals surface area contributed by atoms with Crippen LogP contribution in [-0.4, -0.2) is 21.8 Å². The minimum atomic E-state index is -4.52. The first-order valence-corrected chi connectivity index (χ1v) is 11.0. The maximum Gasteiger partial charge on any atom is 0.417 e. The number of hydrogen-bond acceptors (Lipinski definition) is 4. The lowest BCUT2D eigenvalue weighted by Gasteiger charge is -2.15. The number of fused-ring (bicyclic) bond motifs is 1. The van der Waals surface area contributed by atoms with Gasteiger partial charge in [-0.25, -0.2) is 9.97 Å². The lowest BCUT2D eigenvalue weighted by molar-refractivity contribution is -0.137. The van der Waals surface area contributed by atoms with E-state index in [-0.39, 0.29) is 17.4 Å². The zero-order valence-electron chi connectivity index (χ0n) is 18.3. The number of alkyl halides is 3. The molecule has 2 heterocycles. The molecule has 5 rings (SSSR count). The summed E-state index contributed by atoms with van der Waals surface area (Å²) >= 11 is 0. The lowest BCUT2D eigenvalue weighted by atomic mass is 10.0. The number of benzene rings is 3. The fourth-order valence-electron chi connectivity index (χ4n) is 4.03. The van der Waals surface area contributed by atoms with Gasteiger partial charge in [0.2, 0.25) is 0 Å². The van der Waals surface area contributed by atoms with Gasteiger partial charge >= 0.3 is 6.18 Å². The van der Waals surface area contributed by atoms with Gasteiger partial charge in [0.15, 0.2) is 5.82 Å². The fraction of sp³-hybridized carbons (Fsp3) is 0.148. The normalized spacial score (nSPS) is 15.8. The number of aromatic nitrogens is 2. The summed E-state index contributed by atoms with van der Waals surface area (Å²) in [7, 11) is 0. The van der Waals surface area contributed by atoms with Crippen LogP contribution in [-0.2, 0) is 6.18 Å². The number of anilines is 1. The van der Waals surface area contributed by atoms with E-state index in [4.69, 9.17) is 4.99 Å². The molecule has 1 aliphatic heterocycles. The Morgan fingerprint density at radius 1 is 0.853 bits per heavy atom. The highest BCUT2D eigenvalue weighted by molar-refractivity contribution is 6.30. The van der Waals surface area contributed by atoms with Crippen molar-refractivity contribution in [3.8, 4) is 11.4 Å². The summed E-state index contributed by atoms with van der Waals surface area (Å²) in [5.41, 5.74) is 1.65. The van der Waals surface area contributed by atoms with Crippen LogP contribution >= 0.6 is 0 Å². The molecule has 4 nitrogen and oxygen atoms in total. The minimum Gasteiger partial charge on any atom is -0.324 e. The summed E-state index contributed by atoms with van der Waals surface area (Å²) in [6.07, 6.45) is -1.59. The van der Waals surface area contributed by atoms with Crippen molar-refractivity contribution in [1.82, 2.24) is 9.97 Å². The smallest absolute Gasteiger partial charge is 0.324 e. The van der Waals surface area contributed by atoms with Gasteiger partial charge < -0.3 is 5.32 Å². The number of nitrogens with zero attached hydrogens (tertiary/aromatic N) is 3. The summed E-state index contributed by atoms with van der Waals surface area (Å²) < 4.78 is 41.1. The second-order valence-electron chi connectivity index (χ2n) is 7.98.